The largest absolute Gasteiger partial charge is 0.356 e. The summed E-state index contributed by atoms with van der Waals surface area (Å²) in [5.41, 5.74) is 7.05. The van der Waals surface area contributed by atoms with E-state index in [1.165, 1.54) is 5.56 Å². The van der Waals surface area contributed by atoms with E-state index in [0.717, 1.165) is 12.8 Å². The highest BCUT2D eigenvalue weighted by Gasteiger charge is 2.08. The van der Waals surface area contributed by atoms with Gasteiger partial charge in [-0.05, 0) is 24.3 Å². The molecule has 1 amide bonds. The van der Waals surface area contributed by atoms with Gasteiger partial charge in [0, 0.05) is 19.0 Å². The minimum atomic E-state index is -0.0171. The summed E-state index contributed by atoms with van der Waals surface area (Å²) in [5.74, 6) is 0.524. The maximum atomic E-state index is 11.5. The summed E-state index contributed by atoms with van der Waals surface area (Å²) in [7, 11) is 0. The van der Waals surface area contributed by atoms with E-state index in [2.05, 4.69) is 24.4 Å². The third kappa shape index (κ3) is 5.32. The molecule has 0 fully saturated rings. The zero-order valence-electron chi connectivity index (χ0n) is 11.4. The quantitative estimate of drug-likeness (QED) is 0.778. The van der Waals surface area contributed by atoms with Crippen LogP contribution >= 0.6 is 0 Å². The van der Waals surface area contributed by atoms with Crippen molar-refractivity contribution < 1.29 is 4.79 Å². The van der Waals surface area contributed by atoms with Crippen molar-refractivity contribution in [2.75, 3.05) is 6.54 Å². The summed E-state index contributed by atoms with van der Waals surface area (Å²) in [5, 5.41) is 2.93. The van der Waals surface area contributed by atoms with Gasteiger partial charge in [0.1, 0.15) is 0 Å². The Labute approximate surface area is 110 Å². The average Bonchev–Trinajstić information content (AvgIpc) is 2.39. The smallest absolute Gasteiger partial charge is 0.221 e. The number of hydrogen-bond acceptors (Lipinski definition) is 2. The van der Waals surface area contributed by atoms with Crippen LogP contribution in [-0.4, -0.2) is 18.5 Å². The summed E-state index contributed by atoms with van der Waals surface area (Å²) in [6.07, 6.45) is 2.22. The zero-order chi connectivity index (χ0) is 13.4. The van der Waals surface area contributed by atoms with E-state index in [4.69, 9.17) is 5.73 Å². The third-order valence-corrected chi connectivity index (χ3v) is 3.24. The zero-order valence-corrected chi connectivity index (χ0v) is 11.4. The van der Waals surface area contributed by atoms with Crippen LogP contribution in [-0.2, 0) is 4.79 Å². The van der Waals surface area contributed by atoms with E-state index in [1.54, 1.807) is 0 Å². The molecule has 1 aromatic rings. The monoisotopic (exact) mass is 248 g/mol. The topological polar surface area (TPSA) is 55.1 Å². The van der Waals surface area contributed by atoms with Crippen molar-refractivity contribution in [1.29, 1.82) is 0 Å². The lowest BCUT2D eigenvalue weighted by atomic mass is 9.98. The van der Waals surface area contributed by atoms with Gasteiger partial charge in [0.25, 0.3) is 0 Å². The van der Waals surface area contributed by atoms with Gasteiger partial charge in [-0.1, -0.05) is 44.2 Å². The Morgan fingerprint density at radius 3 is 2.61 bits per heavy atom. The van der Waals surface area contributed by atoms with Crippen LogP contribution in [0.25, 0.3) is 0 Å². The summed E-state index contributed by atoms with van der Waals surface area (Å²) in [6, 6.07) is 10.3. The highest BCUT2D eigenvalue weighted by Crippen LogP contribution is 2.17. The van der Waals surface area contributed by atoms with Crippen LogP contribution < -0.4 is 11.1 Å². The van der Waals surface area contributed by atoms with Crippen molar-refractivity contribution in [3.63, 3.8) is 0 Å². The third-order valence-electron chi connectivity index (χ3n) is 3.24. The number of benzene rings is 1. The second-order valence-electron chi connectivity index (χ2n) is 4.82. The Morgan fingerprint density at radius 2 is 2.00 bits per heavy atom. The van der Waals surface area contributed by atoms with Gasteiger partial charge in [0.2, 0.25) is 5.91 Å². The van der Waals surface area contributed by atoms with E-state index < -0.39 is 0 Å². The molecule has 100 valence electrons. The Morgan fingerprint density at radius 1 is 1.33 bits per heavy atom. The number of nitrogens with two attached hydrogens (primary N) is 1. The molecule has 3 N–H and O–H groups in total. The molecule has 0 aliphatic carbocycles. The summed E-state index contributed by atoms with van der Waals surface area (Å²) in [4.78, 5) is 11.5. The molecule has 3 nitrogen and oxygen atoms in total. The molecule has 0 saturated heterocycles. The molecule has 0 aliphatic rings. The Kier molecular flexibility index (Phi) is 6.44. The van der Waals surface area contributed by atoms with Gasteiger partial charge in [0.05, 0.1) is 0 Å². The summed E-state index contributed by atoms with van der Waals surface area (Å²) in [6.45, 7) is 4.89. The fraction of sp³-hybridized carbons (Fsp3) is 0.533. The molecule has 0 heterocycles. The van der Waals surface area contributed by atoms with Gasteiger partial charge in [-0.15, -0.1) is 0 Å². The van der Waals surface area contributed by atoms with Crippen molar-refractivity contribution >= 4 is 5.91 Å². The minimum Gasteiger partial charge on any atom is -0.356 e. The molecule has 1 aromatic carbocycles. The maximum absolute atomic E-state index is 11.5. The normalized spacial score (nSPS) is 13.9. The highest BCUT2D eigenvalue weighted by molar-refractivity contribution is 5.76. The first-order valence-corrected chi connectivity index (χ1v) is 6.70. The Hall–Kier alpha value is -1.35. The molecule has 2 atom stereocenters. The van der Waals surface area contributed by atoms with Crippen LogP contribution in [0.3, 0.4) is 0 Å². The Balaban J connectivity index is 2.23. The van der Waals surface area contributed by atoms with Gasteiger partial charge in [-0.3, -0.25) is 4.79 Å². The molecule has 0 aliphatic heterocycles. The lowest BCUT2D eigenvalue weighted by Crippen LogP contribution is -2.32. The van der Waals surface area contributed by atoms with Crippen molar-refractivity contribution in [3.8, 4) is 0 Å². The van der Waals surface area contributed by atoms with Crippen LogP contribution in [0, 0.1) is 0 Å². The maximum Gasteiger partial charge on any atom is 0.221 e. The molecule has 0 aromatic heterocycles. The van der Waals surface area contributed by atoms with Gasteiger partial charge >= 0.3 is 0 Å². The van der Waals surface area contributed by atoms with Crippen molar-refractivity contribution in [3.05, 3.63) is 35.9 Å². The highest BCUT2D eigenvalue weighted by atomic mass is 16.1. The van der Waals surface area contributed by atoms with E-state index in [0.29, 0.717) is 18.9 Å². The van der Waals surface area contributed by atoms with Gasteiger partial charge in [0.15, 0.2) is 0 Å². The van der Waals surface area contributed by atoms with Crippen LogP contribution in [0.2, 0.25) is 0 Å². The van der Waals surface area contributed by atoms with Gasteiger partial charge < -0.3 is 11.1 Å². The predicted molar refractivity (Wildman–Crippen MR) is 75.4 cm³/mol. The number of amides is 1. The predicted octanol–water partition coefficient (Wildman–Crippen LogP) is 2.42. The molecular weight excluding hydrogens is 224 g/mol. The average molecular weight is 248 g/mol. The molecule has 18 heavy (non-hydrogen) atoms. The minimum absolute atomic E-state index is 0.0171. The Bertz CT molecular complexity index is 351. The van der Waals surface area contributed by atoms with Gasteiger partial charge in [-0.2, -0.15) is 0 Å². The second kappa shape index (κ2) is 7.88. The molecular formula is C15H24N2O. The molecule has 0 bridgehead atoms. The summed E-state index contributed by atoms with van der Waals surface area (Å²) >= 11 is 0. The van der Waals surface area contributed by atoms with E-state index >= 15 is 0 Å². The first-order chi connectivity index (χ1) is 8.63. The number of carbonyl (C=O) groups is 1. The van der Waals surface area contributed by atoms with E-state index in [-0.39, 0.29) is 11.9 Å². The van der Waals surface area contributed by atoms with Crippen molar-refractivity contribution in [1.82, 2.24) is 5.32 Å². The van der Waals surface area contributed by atoms with Crippen LogP contribution in [0.15, 0.2) is 30.3 Å². The molecule has 0 radical (unpaired) electrons. The molecule has 2 unspecified atom stereocenters. The standard InChI is InChI=1S/C15H24N2O/c1-3-14(16)11-15(18)17-10-9-12(2)13-7-5-4-6-8-13/h4-8,12,14H,3,9-11,16H2,1-2H3,(H,17,18). The number of nitrogens with one attached hydrogen (secondary N) is 1. The number of rotatable bonds is 7. The van der Waals surface area contributed by atoms with Crippen LogP contribution in [0.5, 0.6) is 0 Å². The summed E-state index contributed by atoms with van der Waals surface area (Å²) < 4.78 is 0. The number of carbonyl (C=O) groups excluding carboxylic acids is 1. The SMILES string of the molecule is CCC(N)CC(=O)NCCC(C)c1ccccc1. The van der Waals surface area contributed by atoms with Gasteiger partial charge in [-0.25, -0.2) is 0 Å². The molecule has 0 saturated carbocycles. The first kappa shape index (κ1) is 14.7. The number of hydrogen-bond donors (Lipinski definition) is 2. The lowest BCUT2D eigenvalue weighted by Gasteiger charge is -2.13. The fourth-order valence-electron chi connectivity index (χ4n) is 1.83. The molecule has 0 spiro atoms. The van der Waals surface area contributed by atoms with E-state index in [9.17, 15) is 4.79 Å². The lowest BCUT2D eigenvalue weighted by molar-refractivity contribution is -0.121. The van der Waals surface area contributed by atoms with E-state index in [1.807, 2.05) is 25.1 Å². The first-order valence-electron chi connectivity index (χ1n) is 6.70. The van der Waals surface area contributed by atoms with Crippen molar-refractivity contribution in [2.24, 2.45) is 5.73 Å². The van der Waals surface area contributed by atoms with Crippen LogP contribution in [0.1, 0.15) is 44.6 Å². The molecule has 3 heteroatoms. The molecule has 1 rings (SSSR count). The van der Waals surface area contributed by atoms with Crippen LogP contribution in [0.4, 0.5) is 0 Å². The fourth-order valence-corrected chi connectivity index (χ4v) is 1.83. The second-order valence-corrected chi connectivity index (χ2v) is 4.82. The van der Waals surface area contributed by atoms with Crippen molar-refractivity contribution in [2.45, 2.75) is 45.1 Å².